The molecule has 2 heterocycles. The molecule has 0 radical (unpaired) electrons. The van der Waals surface area contributed by atoms with Gasteiger partial charge in [-0.2, -0.15) is 0 Å². The molecule has 1 aromatic carbocycles. The molecule has 0 spiro atoms. The highest BCUT2D eigenvalue weighted by molar-refractivity contribution is 5.22. The molecule has 1 aromatic rings. The lowest BCUT2D eigenvalue weighted by Gasteiger charge is -2.32. The summed E-state index contributed by atoms with van der Waals surface area (Å²) in [5, 5.41) is 3.19. The number of rotatable bonds is 5. The van der Waals surface area contributed by atoms with Crippen molar-refractivity contribution in [1.29, 1.82) is 0 Å². The van der Waals surface area contributed by atoms with Crippen molar-refractivity contribution in [2.24, 2.45) is 0 Å². The lowest BCUT2D eigenvalue weighted by molar-refractivity contribution is 0.0184. The number of nitrogens with zero attached hydrogens (tertiary/aromatic N) is 2. The number of ether oxygens (including phenoxy) is 1. The van der Waals surface area contributed by atoms with E-state index in [0.29, 0.717) is 0 Å². The summed E-state index contributed by atoms with van der Waals surface area (Å²) < 4.78 is 5.45. The Morgan fingerprint density at radius 1 is 1.10 bits per heavy atom. The highest BCUT2D eigenvalue weighted by Crippen LogP contribution is 2.19. The van der Waals surface area contributed by atoms with E-state index >= 15 is 0 Å². The highest BCUT2D eigenvalue weighted by atomic mass is 16.5. The van der Waals surface area contributed by atoms with Crippen molar-refractivity contribution in [2.75, 3.05) is 46.4 Å². The molecule has 0 bridgehead atoms. The van der Waals surface area contributed by atoms with Crippen LogP contribution in [0.5, 0.6) is 0 Å². The predicted molar refractivity (Wildman–Crippen MR) is 85.3 cm³/mol. The molecule has 0 amide bonds. The summed E-state index contributed by atoms with van der Waals surface area (Å²) in [5.41, 5.74) is 2.78. The molecule has 4 nitrogen and oxygen atoms in total. The predicted octanol–water partition coefficient (Wildman–Crippen LogP) is 1.31. The van der Waals surface area contributed by atoms with Crippen molar-refractivity contribution in [3.05, 3.63) is 35.4 Å². The summed E-state index contributed by atoms with van der Waals surface area (Å²) in [6, 6.07) is 9.75. The van der Waals surface area contributed by atoms with Crippen molar-refractivity contribution in [3.8, 4) is 0 Å². The van der Waals surface area contributed by atoms with E-state index in [9.17, 15) is 0 Å². The normalized spacial score (nSPS) is 24.5. The molecule has 21 heavy (non-hydrogen) atoms. The first-order valence-electron chi connectivity index (χ1n) is 8.12. The van der Waals surface area contributed by atoms with Crippen LogP contribution in [0.25, 0.3) is 0 Å². The SMILES string of the molecule is CNCc1ccc(CN2CCC(N3CCOCC3)C2)cc1. The zero-order valence-electron chi connectivity index (χ0n) is 13.1. The molecule has 0 aromatic heterocycles. The average molecular weight is 289 g/mol. The van der Waals surface area contributed by atoms with Gasteiger partial charge in [-0.25, -0.2) is 0 Å². The van der Waals surface area contributed by atoms with Crippen LogP contribution < -0.4 is 5.32 Å². The molecule has 1 atom stereocenters. The Kier molecular flexibility index (Phi) is 5.25. The van der Waals surface area contributed by atoms with Gasteiger partial charge in [-0.15, -0.1) is 0 Å². The largest absolute Gasteiger partial charge is 0.379 e. The van der Waals surface area contributed by atoms with Gasteiger partial charge in [0.2, 0.25) is 0 Å². The molecule has 3 rings (SSSR count). The summed E-state index contributed by atoms with van der Waals surface area (Å²) in [5.74, 6) is 0. The molecule has 1 unspecified atom stereocenters. The fourth-order valence-corrected chi connectivity index (χ4v) is 3.42. The van der Waals surface area contributed by atoms with Crippen molar-refractivity contribution in [1.82, 2.24) is 15.1 Å². The Hall–Kier alpha value is -0.940. The summed E-state index contributed by atoms with van der Waals surface area (Å²) in [6.45, 7) is 8.49. The maximum atomic E-state index is 5.45. The minimum absolute atomic E-state index is 0.734. The summed E-state index contributed by atoms with van der Waals surface area (Å²) in [4.78, 5) is 5.20. The standard InChI is InChI=1S/C17H27N3O/c1-18-12-15-2-4-16(5-3-15)13-19-7-6-17(14-19)20-8-10-21-11-9-20/h2-5,17-18H,6-14H2,1H3. The second kappa shape index (κ2) is 7.36. The first-order valence-corrected chi connectivity index (χ1v) is 8.12. The minimum atomic E-state index is 0.734. The van der Waals surface area contributed by atoms with E-state index in [-0.39, 0.29) is 0 Å². The molecule has 2 saturated heterocycles. The van der Waals surface area contributed by atoms with Gasteiger partial charge in [0, 0.05) is 45.3 Å². The third kappa shape index (κ3) is 4.04. The lowest BCUT2D eigenvalue weighted by atomic mass is 10.1. The Morgan fingerprint density at radius 3 is 2.52 bits per heavy atom. The smallest absolute Gasteiger partial charge is 0.0594 e. The van der Waals surface area contributed by atoms with Gasteiger partial charge >= 0.3 is 0 Å². The van der Waals surface area contributed by atoms with Crippen LogP contribution >= 0.6 is 0 Å². The van der Waals surface area contributed by atoms with Gasteiger partial charge in [-0.1, -0.05) is 24.3 Å². The van der Waals surface area contributed by atoms with Crippen LogP contribution in [-0.2, 0) is 17.8 Å². The fourth-order valence-electron chi connectivity index (χ4n) is 3.42. The monoisotopic (exact) mass is 289 g/mol. The van der Waals surface area contributed by atoms with Crippen LogP contribution in [0, 0.1) is 0 Å². The van der Waals surface area contributed by atoms with Gasteiger partial charge in [0.15, 0.2) is 0 Å². The Labute approximate surface area is 128 Å². The van der Waals surface area contributed by atoms with Crippen molar-refractivity contribution in [3.63, 3.8) is 0 Å². The molecular weight excluding hydrogens is 262 g/mol. The molecule has 2 aliphatic rings. The zero-order valence-corrected chi connectivity index (χ0v) is 13.1. The first kappa shape index (κ1) is 15.0. The second-order valence-electron chi connectivity index (χ2n) is 6.17. The second-order valence-corrected chi connectivity index (χ2v) is 6.17. The number of benzene rings is 1. The third-order valence-electron chi connectivity index (χ3n) is 4.62. The van der Waals surface area contributed by atoms with Crippen molar-refractivity contribution in [2.45, 2.75) is 25.6 Å². The van der Waals surface area contributed by atoms with Gasteiger partial charge < -0.3 is 10.1 Å². The molecular formula is C17H27N3O. The highest BCUT2D eigenvalue weighted by Gasteiger charge is 2.28. The van der Waals surface area contributed by atoms with E-state index in [4.69, 9.17) is 4.74 Å². The number of morpholine rings is 1. The average Bonchev–Trinajstić information content (AvgIpc) is 2.99. The molecule has 116 valence electrons. The maximum absolute atomic E-state index is 5.45. The van der Waals surface area contributed by atoms with E-state index < -0.39 is 0 Å². The van der Waals surface area contributed by atoms with Gasteiger partial charge in [0.25, 0.3) is 0 Å². The van der Waals surface area contributed by atoms with Gasteiger partial charge in [-0.05, 0) is 24.6 Å². The van der Waals surface area contributed by atoms with Crippen LogP contribution in [0.3, 0.4) is 0 Å². The van der Waals surface area contributed by atoms with Crippen LogP contribution in [0.4, 0.5) is 0 Å². The molecule has 2 fully saturated rings. The van der Waals surface area contributed by atoms with E-state index in [1.165, 1.54) is 30.6 Å². The van der Waals surface area contributed by atoms with Crippen LogP contribution in [0.15, 0.2) is 24.3 Å². The van der Waals surface area contributed by atoms with Gasteiger partial charge in [-0.3, -0.25) is 9.80 Å². The van der Waals surface area contributed by atoms with Gasteiger partial charge in [0.05, 0.1) is 13.2 Å². The van der Waals surface area contributed by atoms with E-state index in [0.717, 1.165) is 45.4 Å². The Bertz CT molecular complexity index is 428. The molecule has 2 aliphatic heterocycles. The first-order chi connectivity index (χ1) is 10.3. The van der Waals surface area contributed by atoms with E-state index in [2.05, 4.69) is 39.4 Å². The number of hydrogen-bond donors (Lipinski definition) is 1. The number of likely N-dealkylation sites (tertiary alicyclic amines) is 1. The Morgan fingerprint density at radius 2 is 1.81 bits per heavy atom. The third-order valence-corrected chi connectivity index (χ3v) is 4.62. The summed E-state index contributed by atoms with van der Waals surface area (Å²) in [6.07, 6.45) is 1.30. The van der Waals surface area contributed by atoms with Crippen LogP contribution in [0.2, 0.25) is 0 Å². The van der Waals surface area contributed by atoms with Crippen LogP contribution in [-0.4, -0.2) is 62.3 Å². The topological polar surface area (TPSA) is 27.7 Å². The quantitative estimate of drug-likeness (QED) is 0.884. The molecule has 4 heteroatoms. The van der Waals surface area contributed by atoms with E-state index in [1.54, 1.807) is 0 Å². The molecule has 0 aliphatic carbocycles. The summed E-state index contributed by atoms with van der Waals surface area (Å²) >= 11 is 0. The maximum Gasteiger partial charge on any atom is 0.0594 e. The van der Waals surface area contributed by atoms with E-state index in [1.807, 2.05) is 7.05 Å². The number of nitrogens with one attached hydrogen (secondary N) is 1. The van der Waals surface area contributed by atoms with Crippen molar-refractivity contribution < 1.29 is 4.74 Å². The van der Waals surface area contributed by atoms with Crippen molar-refractivity contribution >= 4 is 0 Å². The minimum Gasteiger partial charge on any atom is -0.379 e. The fraction of sp³-hybridized carbons (Fsp3) is 0.647. The van der Waals surface area contributed by atoms with Gasteiger partial charge in [0.1, 0.15) is 0 Å². The molecule has 1 N–H and O–H groups in total. The zero-order chi connectivity index (χ0) is 14.5. The Balaban J connectivity index is 1.49. The summed E-state index contributed by atoms with van der Waals surface area (Å²) in [7, 11) is 1.99. The number of hydrogen-bond acceptors (Lipinski definition) is 4. The molecule has 0 saturated carbocycles. The lowest BCUT2D eigenvalue weighted by Crippen LogP contribution is -2.44. The van der Waals surface area contributed by atoms with Crippen LogP contribution in [0.1, 0.15) is 17.5 Å².